The van der Waals surface area contributed by atoms with Gasteiger partial charge in [0.25, 0.3) is 5.91 Å². The van der Waals surface area contributed by atoms with Crippen LogP contribution < -0.4 is 4.90 Å². The summed E-state index contributed by atoms with van der Waals surface area (Å²) in [6.45, 7) is 0.402. The number of hydrogen-bond acceptors (Lipinski definition) is 3. The number of carbonyl (C=O) groups excluding carboxylic acids is 2. The highest BCUT2D eigenvalue weighted by molar-refractivity contribution is 6.06. The Morgan fingerprint density at radius 1 is 0.769 bits per heavy atom. The number of esters is 1. The zero-order chi connectivity index (χ0) is 18.4. The SMILES string of the molecule is COC(=O)c1ccc(CN(C(=O)c2ccccc2)c2ccccc2)cc1. The van der Waals surface area contributed by atoms with Crippen LogP contribution in [0.2, 0.25) is 0 Å². The van der Waals surface area contributed by atoms with Crippen LogP contribution in [0, 0.1) is 0 Å². The summed E-state index contributed by atoms with van der Waals surface area (Å²) in [7, 11) is 1.35. The average molecular weight is 345 g/mol. The first-order valence-corrected chi connectivity index (χ1v) is 8.28. The summed E-state index contributed by atoms with van der Waals surface area (Å²) >= 11 is 0. The molecular weight excluding hydrogens is 326 g/mol. The summed E-state index contributed by atoms with van der Waals surface area (Å²) in [5.41, 5.74) is 2.85. The van der Waals surface area contributed by atoms with Gasteiger partial charge in [-0.2, -0.15) is 0 Å². The number of ether oxygens (including phenoxy) is 1. The van der Waals surface area contributed by atoms with Crippen LogP contribution in [0.3, 0.4) is 0 Å². The van der Waals surface area contributed by atoms with Gasteiger partial charge in [-0.15, -0.1) is 0 Å². The highest BCUT2D eigenvalue weighted by atomic mass is 16.5. The Morgan fingerprint density at radius 3 is 1.92 bits per heavy atom. The number of benzene rings is 3. The maximum Gasteiger partial charge on any atom is 0.337 e. The van der Waals surface area contributed by atoms with Crippen molar-refractivity contribution in [3.8, 4) is 0 Å². The van der Waals surface area contributed by atoms with Crippen LogP contribution in [0.1, 0.15) is 26.3 Å². The number of para-hydroxylation sites is 1. The molecule has 0 N–H and O–H groups in total. The lowest BCUT2D eigenvalue weighted by molar-refractivity contribution is 0.0600. The minimum Gasteiger partial charge on any atom is -0.465 e. The van der Waals surface area contributed by atoms with Gasteiger partial charge in [0, 0.05) is 11.3 Å². The van der Waals surface area contributed by atoms with E-state index in [4.69, 9.17) is 4.74 Å². The van der Waals surface area contributed by atoms with Gasteiger partial charge in [-0.3, -0.25) is 4.79 Å². The fraction of sp³-hybridized carbons (Fsp3) is 0.0909. The van der Waals surface area contributed by atoms with Crippen molar-refractivity contribution in [2.45, 2.75) is 6.54 Å². The monoisotopic (exact) mass is 345 g/mol. The molecule has 3 rings (SSSR count). The molecular formula is C22H19NO3. The van der Waals surface area contributed by atoms with E-state index >= 15 is 0 Å². The van der Waals surface area contributed by atoms with Crippen molar-refractivity contribution in [3.05, 3.63) is 102 Å². The lowest BCUT2D eigenvalue weighted by Crippen LogP contribution is -2.30. The van der Waals surface area contributed by atoms with Crippen LogP contribution in [0.15, 0.2) is 84.9 Å². The Balaban J connectivity index is 1.89. The van der Waals surface area contributed by atoms with Gasteiger partial charge < -0.3 is 9.64 Å². The van der Waals surface area contributed by atoms with Gasteiger partial charge >= 0.3 is 5.97 Å². The van der Waals surface area contributed by atoms with E-state index in [0.717, 1.165) is 11.3 Å². The second kappa shape index (κ2) is 8.12. The van der Waals surface area contributed by atoms with Crippen molar-refractivity contribution >= 4 is 17.6 Å². The first-order chi connectivity index (χ1) is 12.7. The second-order valence-electron chi connectivity index (χ2n) is 5.78. The maximum absolute atomic E-state index is 13.0. The van der Waals surface area contributed by atoms with E-state index in [-0.39, 0.29) is 11.9 Å². The Kier molecular flexibility index (Phi) is 5.44. The number of hydrogen-bond donors (Lipinski definition) is 0. The smallest absolute Gasteiger partial charge is 0.337 e. The summed E-state index contributed by atoms with van der Waals surface area (Å²) < 4.78 is 4.72. The molecule has 0 aliphatic rings. The molecule has 26 heavy (non-hydrogen) atoms. The quantitative estimate of drug-likeness (QED) is 0.647. The van der Waals surface area contributed by atoms with Crippen molar-refractivity contribution in [3.63, 3.8) is 0 Å². The van der Waals surface area contributed by atoms with Gasteiger partial charge in [-0.25, -0.2) is 4.79 Å². The van der Waals surface area contributed by atoms with E-state index in [1.165, 1.54) is 7.11 Å². The van der Waals surface area contributed by atoms with E-state index < -0.39 is 0 Å². The molecule has 0 bridgehead atoms. The largest absolute Gasteiger partial charge is 0.465 e. The molecule has 0 spiro atoms. The number of methoxy groups -OCH3 is 1. The van der Waals surface area contributed by atoms with E-state index in [9.17, 15) is 9.59 Å². The minimum absolute atomic E-state index is 0.0751. The first kappa shape index (κ1) is 17.4. The molecule has 0 aliphatic heterocycles. The average Bonchev–Trinajstić information content (AvgIpc) is 2.72. The summed E-state index contributed by atoms with van der Waals surface area (Å²) in [6.07, 6.45) is 0. The van der Waals surface area contributed by atoms with Gasteiger partial charge in [0.15, 0.2) is 0 Å². The molecule has 1 amide bonds. The third-order valence-corrected chi connectivity index (χ3v) is 4.05. The van der Waals surface area contributed by atoms with Crippen LogP contribution in [0.4, 0.5) is 5.69 Å². The Labute approximate surface area is 152 Å². The van der Waals surface area contributed by atoms with Gasteiger partial charge in [0.2, 0.25) is 0 Å². The molecule has 0 aliphatic carbocycles. The summed E-state index contributed by atoms with van der Waals surface area (Å²) in [4.78, 5) is 26.3. The molecule has 0 aromatic heterocycles. The van der Waals surface area contributed by atoms with Gasteiger partial charge in [0.05, 0.1) is 19.2 Å². The fourth-order valence-electron chi connectivity index (χ4n) is 2.67. The van der Waals surface area contributed by atoms with Gasteiger partial charge in [-0.05, 0) is 42.0 Å². The molecule has 3 aromatic carbocycles. The molecule has 0 atom stereocenters. The number of rotatable bonds is 5. The molecule has 3 aromatic rings. The predicted octanol–water partition coefficient (Wildman–Crippen LogP) is 4.32. The van der Waals surface area contributed by atoms with Crippen LogP contribution in [0.25, 0.3) is 0 Å². The van der Waals surface area contributed by atoms with E-state index in [0.29, 0.717) is 17.7 Å². The normalized spacial score (nSPS) is 10.2. The van der Waals surface area contributed by atoms with Crippen molar-refractivity contribution in [1.82, 2.24) is 0 Å². The van der Waals surface area contributed by atoms with Crippen molar-refractivity contribution in [2.75, 3.05) is 12.0 Å². The highest BCUT2D eigenvalue weighted by Gasteiger charge is 2.18. The minimum atomic E-state index is -0.378. The first-order valence-electron chi connectivity index (χ1n) is 8.28. The topological polar surface area (TPSA) is 46.6 Å². The summed E-state index contributed by atoms with van der Waals surface area (Å²) in [6, 6.07) is 25.8. The molecule has 0 unspecified atom stereocenters. The molecule has 0 fully saturated rings. The summed E-state index contributed by atoms with van der Waals surface area (Å²) in [5, 5.41) is 0. The zero-order valence-electron chi connectivity index (χ0n) is 14.5. The number of anilines is 1. The molecule has 0 saturated heterocycles. The van der Waals surface area contributed by atoms with Gasteiger partial charge in [-0.1, -0.05) is 48.5 Å². The third-order valence-electron chi connectivity index (χ3n) is 4.05. The van der Waals surface area contributed by atoms with E-state index in [2.05, 4.69) is 0 Å². The highest BCUT2D eigenvalue weighted by Crippen LogP contribution is 2.20. The molecule has 4 heteroatoms. The molecule has 0 radical (unpaired) electrons. The predicted molar refractivity (Wildman–Crippen MR) is 101 cm³/mol. The van der Waals surface area contributed by atoms with E-state index in [1.54, 1.807) is 29.2 Å². The van der Waals surface area contributed by atoms with Crippen molar-refractivity contribution in [2.24, 2.45) is 0 Å². The lowest BCUT2D eigenvalue weighted by atomic mass is 10.1. The lowest BCUT2D eigenvalue weighted by Gasteiger charge is -2.23. The van der Waals surface area contributed by atoms with Crippen LogP contribution in [0.5, 0.6) is 0 Å². The van der Waals surface area contributed by atoms with Crippen LogP contribution >= 0.6 is 0 Å². The number of carbonyl (C=O) groups is 2. The van der Waals surface area contributed by atoms with Gasteiger partial charge in [0.1, 0.15) is 0 Å². The van der Waals surface area contributed by atoms with Crippen LogP contribution in [-0.4, -0.2) is 19.0 Å². The van der Waals surface area contributed by atoms with Crippen molar-refractivity contribution in [1.29, 1.82) is 0 Å². The Morgan fingerprint density at radius 2 is 1.35 bits per heavy atom. The molecule has 0 saturated carbocycles. The van der Waals surface area contributed by atoms with Crippen molar-refractivity contribution < 1.29 is 14.3 Å². The second-order valence-corrected chi connectivity index (χ2v) is 5.78. The Hall–Kier alpha value is -3.40. The number of nitrogens with zero attached hydrogens (tertiary/aromatic N) is 1. The number of amides is 1. The molecule has 4 nitrogen and oxygen atoms in total. The molecule has 130 valence electrons. The zero-order valence-corrected chi connectivity index (χ0v) is 14.5. The summed E-state index contributed by atoms with van der Waals surface area (Å²) in [5.74, 6) is -0.453. The maximum atomic E-state index is 13.0. The van der Waals surface area contributed by atoms with Crippen LogP contribution in [-0.2, 0) is 11.3 Å². The Bertz CT molecular complexity index is 874. The third kappa shape index (κ3) is 3.98. The standard InChI is InChI=1S/C22H19NO3/c1-26-22(25)19-14-12-17(13-15-19)16-23(20-10-6-3-7-11-20)21(24)18-8-4-2-5-9-18/h2-15H,16H2,1H3. The fourth-order valence-corrected chi connectivity index (χ4v) is 2.67. The van der Waals surface area contributed by atoms with E-state index in [1.807, 2.05) is 60.7 Å². The molecule has 0 heterocycles.